The van der Waals surface area contributed by atoms with E-state index in [0.717, 1.165) is 71.1 Å². The molecule has 228 valence electrons. The summed E-state index contributed by atoms with van der Waals surface area (Å²) in [6.45, 7) is 5.29. The lowest BCUT2D eigenvalue weighted by atomic mass is 9.61. The van der Waals surface area contributed by atoms with Crippen LogP contribution in [0.25, 0.3) is 5.52 Å². The number of imidazole rings is 1. The molecule has 2 aliphatic carbocycles. The molecule has 0 amide bonds. The summed E-state index contributed by atoms with van der Waals surface area (Å²) in [7, 11) is 2.10. The molecule has 11 heteroatoms. The van der Waals surface area contributed by atoms with Gasteiger partial charge in [0.25, 0.3) is 0 Å². The summed E-state index contributed by atoms with van der Waals surface area (Å²) in [6, 6.07) is 1.12. The number of hydrogen-bond acceptors (Lipinski definition) is 6. The first-order valence-electron chi connectivity index (χ1n) is 15.5. The van der Waals surface area contributed by atoms with Gasteiger partial charge < -0.3 is 5.11 Å². The van der Waals surface area contributed by atoms with Crippen molar-refractivity contribution in [2.24, 2.45) is 29.6 Å². The largest absolute Gasteiger partial charge is 0.418 e. The van der Waals surface area contributed by atoms with Crippen LogP contribution >= 0.6 is 0 Å². The molecule has 3 N–H and O–H groups in total. The number of alkyl halides is 3. The number of hydrogen-bond donors (Lipinski definition) is 3. The molecule has 0 aromatic carbocycles. The third-order valence-corrected chi connectivity index (χ3v) is 10.4. The standard InChI is InChI=1S/C30H45F3N6O2/c1-19-5-4-8-37(13-19)14-21-11-25(30(31,32)33)26-16-38(29(41)39(26)15-21)24-7-3-6-22(12-24)27(23-9-20(10-23)17-40)28-35-34-18-36(28)2/h11,15-16,19-20,22-24,27-28,34-35,40H,3-10,12-14,17-18H2,1-2H3/t19-,20?,22-,23?,24?,27?,28?/m0/s1. The summed E-state index contributed by atoms with van der Waals surface area (Å²) < 4.78 is 45.8. The Morgan fingerprint density at radius 3 is 2.59 bits per heavy atom. The molecule has 2 aliphatic heterocycles. The number of fused-ring (bicyclic) bond motifs is 1. The van der Waals surface area contributed by atoms with Crippen LogP contribution in [-0.2, 0) is 12.7 Å². The van der Waals surface area contributed by atoms with Gasteiger partial charge >= 0.3 is 11.9 Å². The zero-order valence-corrected chi connectivity index (χ0v) is 24.2. The maximum absolute atomic E-state index is 14.3. The van der Waals surface area contributed by atoms with Crippen molar-refractivity contribution in [3.63, 3.8) is 0 Å². The Bertz CT molecular complexity index is 1270. The maximum Gasteiger partial charge on any atom is 0.418 e. The second kappa shape index (κ2) is 11.6. The molecule has 0 bridgehead atoms. The van der Waals surface area contributed by atoms with Crippen molar-refractivity contribution in [3.8, 4) is 0 Å². The molecule has 2 saturated carbocycles. The summed E-state index contributed by atoms with van der Waals surface area (Å²) >= 11 is 0. The molecule has 3 unspecified atom stereocenters. The van der Waals surface area contributed by atoms with Gasteiger partial charge in [-0.05, 0) is 99.8 Å². The van der Waals surface area contributed by atoms with Crippen LogP contribution in [0.1, 0.15) is 75.5 Å². The Kier molecular flexibility index (Phi) is 8.28. The molecule has 2 aromatic rings. The fourth-order valence-corrected chi connectivity index (χ4v) is 8.35. The van der Waals surface area contributed by atoms with Crippen molar-refractivity contribution < 1.29 is 18.3 Å². The highest BCUT2D eigenvalue weighted by Crippen LogP contribution is 2.48. The number of piperidine rings is 1. The van der Waals surface area contributed by atoms with E-state index in [4.69, 9.17) is 0 Å². The predicted molar refractivity (Wildman–Crippen MR) is 151 cm³/mol. The normalized spacial score (nSPS) is 32.8. The fraction of sp³-hybridized carbons (Fsp3) is 0.767. The van der Waals surface area contributed by atoms with Crippen molar-refractivity contribution in [3.05, 3.63) is 40.1 Å². The van der Waals surface area contributed by atoms with Crippen LogP contribution in [0.2, 0.25) is 0 Å². The quantitative estimate of drug-likeness (QED) is 0.461. The molecule has 8 nitrogen and oxygen atoms in total. The summed E-state index contributed by atoms with van der Waals surface area (Å²) in [4.78, 5) is 18.2. The number of nitrogens with one attached hydrogen (secondary N) is 2. The number of hydrazine groups is 1. The van der Waals surface area contributed by atoms with Crippen LogP contribution in [0, 0.1) is 29.6 Å². The first-order chi connectivity index (χ1) is 19.6. The third kappa shape index (κ3) is 5.85. The number of rotatable bonds is 7. The number of likely N-dealkylation sites (tertiary alicyclic amines) is 1. The monoisotopic (exact) mass is 578 g/mol. The summed E-state index contributed by atoms with van der Waals surface area (Å²) in [5.74, 6) is 2.04. The van der Waals surface area contributed by atoms with Crippen molar-refractivity contribution >= 4 is 5.52 Å². The molecule has 5 atom stereocenters. The maximum atomic E-state index is 14.3. The first-order valence-corrected chi connectivity index (χ1v) is 15.5. The highest BCUT2D eigenvalue weighted by molar-refractivity contribution is 5.56. The molecule has 4 aliphatic rings. The van der Waals surface area contributed by atoms with Gasteiger partial charge in [-0.3, -0.25) is 18.8 Å². The minimum atomic E-state index is -4.55. The van der Waals surface area contributed by atoms with E-state index < -0.39 is 11.7 Å². The molecule has 2 saturated heterocycles. The second-order valence-corrected chi connectivity index (χ2v) is 13.4. The Labute approximate surface area is 239 Å². The van der Waals surface area contributed by atoms with Gasteiger partial charge in [0.05, 0.1) is 23.9 Å². The van der Waals surface area contributed by atoms with Crippen molar-refractivity contribution in [1.82, 2.24) is 29.6 Å². The van der Waals surface area contributed by atoms with Crippen molar-refractivity contribution in [1.29, 1.82) is 0 Å². The van der Waals surface area contributed by atoms with Gasteiger partial charge in [-0.1, -0.05) is 13.3 Å². The van der Waals surface area contributed by atoms with Crippen LogP contribution in [0.5, 0.6) is 0 Å². The number of halogens is 3. The average molecular weight is 579 g/mol. The third-order valence-electron chi connectivity index (χ3n) is 10.4. The van der Waals surface area contributed by atoms with Gasteiger partial charge in [-0.15, -0.1) is 0 Å². The fourth-order valence-electron chi connectivity index (χ4n) is 8.35. The predicted octanol–water partition coefficient (Wildman–Crippen LogP) is 4.04. The Morgan fingerprint density at radius 1 is 1.10 bits per heavy atom. The van der Waals surface area contributed by atoms with Crippen LogP contribution in [-0.4, -0.2) is 63.5 Å². The molecular weight excluding hydrogens is 533 g/mol. The van der Waals surface area contributed by atoms with E-state index in [1.165, 1.54) is 16.7 Å². The number of aromatic nitrogens is 2. The summed E-state index contributed by atoms with van der Waals surface area (Å²) in [5, 5.41) is 9.64. The molecular formula is C30H45F3N6O2. The van der Waals surface area contributed by atoms with E-state index in [2.05, 4.69) is 34.6 Å². The molecule has 6 rings (SSSR count). The van der Waals surface area contributed by atoms with Crippen molar-refractivity contribution in [2.45, 2.75) is 83.2 Å². The van der Waals surface area contributed by atoms with Gasteiger partial charge in [-0.25, -0.2) is 15.6 Å². The zero-order chi connectivity index (χ0) is 28.9. The van der Waals surface area contributed by atoms with E-state index in [-0.39, 0.29) is 30.0 Å². The van der Waals surface area contributed by atoms with Gasteiger partial charge in [0.2, 0.25) is 0 Å². The smallest absolute Gasteiger partial charge is 0.396 e. The molecule has 0 spiro atoms. The average Bonchev–Trinajstić information content (AvgIpc) is 3.47. The van der Waals surface area contributed by atoms with Crippen molar-refractivity contribution in [2.75, 3.05) is 33.4 Å². The molecule has 4 heterocycles. The van der Waals surface area contributed by atoms with E-state index in [9.17, 15) is 23.1 Å². The number of aliphatic hydroxyl groups excluding tert-OH is 1. The van der Waals surface area contributed by atoms with Crippen LogP contribution in [0.4, 0.5) is 13.2 Å². The Morgan fingerprint density at radius 2 is 1.90 bits per heavy atom. The molecule has 2 aromatic heterocycles. The SMILES string of the molecule is C[C@H]1CCCN(Cc2cc(C(F)(F)F)c3cn(C4CCC[C@H](C(C5CC(CO)C5)C5NNCN5C)C4)c(=O)n3c2)C1. The summed E-state index contributed by atoms with van der Waals surface area (Å²) in [5.41, 5.74) is 6.09. The zero-order valence-electron chi connectivity index (χ0n) is 24.2. The minimum Gasteiger partial charge on any atom is -0.396 e. The van der Waals surface area contributed by atoms with Gasteiger partial charge in [0, 0.05) is 38.1 Å². The van der Waals surface area contributed by atoms with Gasteiger partial charge in [-0.2, -0.15) is 13.2 Å². The number of pyridine rings is 1. The molecule has 0 radical (unpaired) electrons. The Hall–Kier alpha value is -1.92. The Balaban J connectivity index is 1.29. The van der Waals surface area contributed by atoms with Crippen LogP contribution < -0.4 is 16.5 Å². The minimum absolute atomic E-state index is 0.0527. The summed E-state index contributed by atoms with van der Waals surface area (Å²) in [6.07, 6.45) is 6.43. The van der Waals surface area contributed by atoms with Crippen LogP contribution in [0.15, 0.2) is 23.3 Å². The molecule has 41 heavy (non-hydrogen) atoms. The lowest BCUT2D eigenvalue weighted by molar-refractivity contribution is -0.136. The molecule has 4 fully saturated rings. The highest BCUT2D eigenvalue weighted by Gasteiger charge is 2.46. The van der Waals surface area contributed by atoms with Gasteiger partial charge in [0.15, 0.2) is 0 Å². The van der Waals surface area contributed by atoms with E-state index in [0.29, 0.717) is 41.7 Å². The second-order valence-electron chi connectivity index (χ2n) is 13.4. The van der Waals surface area contributed by atoms with E-state index >= 15 is 0 Å². The first kappa shape index (κ1) is 29.2. The lowest BCUT2D eigenvalue weighted by Crippen LogP contribution is -2.51. The number of aliphatic hydroxyl groups is 1. The number of nitrogens with zero attached hydrogens (tertiary/aromatic N) is 4. The van der Waals surface area contributed by atoms with Gasteiger partial charge in [0.1, 0.15) is 0 Å². The van der Waals surface area contributed by atoms with Crippen LogP contribution in [0.3, 0.4) is 0 Å². The van der Waals surface area contributed by atoms with E-state index in [1.807, 2.05) is 0 Å². The topological polar surface area (TPSA) is 77.2 Å². The highest BCUT2D eigenvalue weighted by atomic mass is 19.4. The van der Waals surface area contributed by atoms with E-state index in [1.54, 1.807) is 10.8 Å². The lowest BCUT2D eigenvalue weighted by Gasteiger charge is -2.48.